The minimum Gasteiger partial charge on any atom is -0.480 e. The molecular weight excluding hydrogens is 262 g/mol. The molecule has 21 heavy (non-hydrogen) atoms. The average molecular weight is 289 g/mol. The van der Waals surface area contributed by atoms with E-state index in [0.29, 0.717) is 12.0 Å². The van der Waals surface area contributed by atoms with Gasteiger partial charge in [0.1, 0.15) is 6.04 Å². The minimum absolute atomic E-state index is 0.356. The van der Waals surface area contributed by atoms with E-state index in [4.69, 9.17) is 0 Å². The third-order valence-corrected chi connectivity index (χ3v) is 4.87. The molecule has 1 N–H and O–H groups in total. The van der Waals surface area contributed by atoms with E-state index in [1.54, 1.807) is 0 Å². The van der Waals surface area contributed by atoms with Gasteiger partial charge >= 0.3 is 5.97 Å². The van der Waals surface area contributed by atoms with Gasteiger partial charge in [0.2, 0.25) is 0 Å². The fourth-order valence-corrected chi connectivity index (χ4v) is 3.42. The van der Waals surface area contributed by atoms with Crippen molar-refractivity contribution in [3.05, 3.63) is 35.4 Å². The quantitative estimate of drug-likeness (QED) is 0.864. The van der Waals surface area contributed by atoms with Gasteiger partial charge in [-0.1, -0.05) is 51.5 Å². The number of hydrogen-bond acceptors (Lipinski definition) is 2. The summed E-state index contributed by atoms with van der Waals surface area (Å²) in [7, 11) is 0. The zero-order valence-electron chi connectivity index (χ0n) is 13.4. The summed E-state index contributed by atoms with van der Waals surface area (Å²) in [5.74, 6) is -0.0775. The molecule has 116 valence electrons. The molecule has 1 aliphatic heterocycles. The summed E-state index contributed by atoms with van der Waals surface area (Å²) in [5, 5.41) is 9.75. The Balaban J connectivity index is 2.28. The third-order valence-electron chi connectivity index (χ3n) is 4.87. The fraction of sp³-hybridized carbons (Fsp3) is 0.611. The van der Waals surface area contributed by atoms with Crippen molar-refractivity contribution in [3.63, 3.8) is 0 Å². The summed E-state index contributed by atoms with van der Waals surface area (Å²) < 4.78 is 0. The van der Waals surface area contributed by atoms with Crippen LogP contribution in [0.25, 0.3) is 0 Å². The molecular formula is C18H27NO2. The predicted molar refractivity (Wildman–Crippen MR) is 85.4 cm³/mol. The van der Waals surface area contributed by atoms with Crippen molar-refractivity contribution >= 4 is 5.97 Å². The molecule has 0 aromatic heterocycles. The van der Waals surface area contributed by atoms with E-state index in [0.717, 1.165) is 37.8 Å². The van der Waals surface area contributed by atoms with Crippen LogP contribution in [0.15, 0.2) is 24.3 Å². The molecule has 1 aromatic carbocycles. The second-order valence-electron chi connectivity index (χ2n) is 6.24. The van der Waals surface area contributed by atoms with Gasteiger partial charge in [-0.3, -0.25) is 9.69 Å². The number of aliphatic carboxylic acids is 1. The second-order valence-corrected chi connectivity index (χ2v) is 6.24. The smallest absolute Gasteiger partial charge is 0.325 e. The summed E-state index contributed by atoms with van der Waals surface area (Å²) in [6.07, 6.45) is 4.20. The van der Waals surface area contributed by atoms with Crippen LogP contribution in [-0.4, -0.2) is 28.6 Å². The molecule has 3 nitrogen and oxygen atoms in total. The van der Waals surface area contributed by atoms with E-state index in [1.807, 2.05) is 18.2 Å². The lowest BCUT2D eigenvalue weighted by Gasteiger charge is -2.40. The van der Waals surface area contributed by atoms with Crippen LogP contribution < -0.4 is 0 Å². The Morgan fingerprint density at radius 3 is 2.67 bits per heavy atom. The predicted octanol–water partition coefficient (Wildman–Crippen LogP) is 3.89. The van der Waals surface area contributed by atoms with Crippen LogP contribution in [0.4, 0.5) is 0 Å². The van der Waals surface area contributed by atoms with Crippen molar-refractivity contribution in [1.29, 1.82) is 0 Å². The van der Waals surface area contributed by atoms with E-state index in [-0.39, 0.29) is 0 Å². The van der Waals surface area contributed by atoms with E-state index in [1.165, 1.54) is 5.56 Å². The van der Waals surface area contributed by atoms with Gasteiger partial charge in [0.15, 0.2) is 0 Å². The van der Waals surface area contributed by atoms with Gasteiger partial charge in [-0.25, -0.2) is 0 Å². The average Bonchev–Trinajstić information content (AvgIpc) is 2.50. The number of nitrogens with zero attached hydrogens (tertiary/aromatic N) is 1. The lowest BCUT2D eigenvalue weighted by molar-refractivity contribution is -0.145. The Morgan fingerprint density at radius 1 is 1.33 bits per heavy atom. The van der Waals surface area contributed by atoms with Gasteiger partial charge in [0.05, 0.1) is 0 Å². The maximum atomic E-state index is 11.9. The van der Waals surface area contributed by atoms with E-state index >= 15 is 0 Å². The molecule has 3 atom stereocenters. The normalized spacial score (nSPS) is 21.6. The van der Waals surface area contributed by atoms with E-state index < -0.39 is 12.0 Å². The first-order chi connectivity index (χ1) is 10.1. The maximum Gasteiger partial charge on any atom is 0.325 e. The topological polar surface area (TPSA) is 40.5 Å². The molecule has 0 aliphatic carbocycles. The van der Waals surface area contributed by atoms with E-state index in [9.17, 15) is 9.90 Å². The summed E-state index contributed by atoms with van der Waals surface area (Å²) in [4.78, 5) is 14.1. The summed E-state index contributed by atoms with van der Waals surface area (Å²) in [6.45, 7) is 7.49. The van der Waals surface area contributed by atoms with Crippen LogP contribution in [0, 0.1) is 5.92 Å². The molecule has 0 radical (unpaired) electrons. The molecule has 2 rings (SSSR count). The van der Waals surface area contributed by atoms with Crippen LogP contribution in [0.5, 0.6) is 0 Å². The van der Waals surface area contributed by atoms with Gasteiger partial charge in [0.25, 0.3) is 0 Å². The van der Waals surface area contributed by atoms with E-state index in [2.05, 4.69) is 31.7 Å². The standard InChI is InChI=1S/C18H27NO2/c1-4-13(3)12-15(5-2)19-11-10-14-8-6-7-9-16(14)17(19)18(20)21/h6-9,13,15,17H,4-5,10-12H2,1-3H3,(H,20,21). The molecule has 1 aliphatic rings. The Bertz CT molecular complexity index is 486. The van der Waals surface area contributed by atoms with Crippen molar-refractivity contribution in [3.8, 4) is 0 Å². The Kier molecular flexibility index (Phi) is 5.40. The lowest BCUT2D eigenvalue weighted by Crippen LogP contribution is -2.46. The number of benzene rings is 1. The number of hydrogen-bond donors (Lipinski definition) is 1. The zero-order chi connectivity index (χ0) is 15.4. The SMILES string of the molecule is CCC(C)CC(CC)N1CCc2ccccc2C1C(=O)O. The lowest BCUT2D eigenvalue weighted by atomic mass is 9.88. The van der Waals surface area contributed by atoms with Crippen molar-refractivity contribution in [2.24, 2.45) is 5.92 Å². The molecule has 3 heteroatoms. The Morgan fingerprint density at radius 2 is 2.05 bits per heavy atom. The Labute approximate surface area is 128 Å². The summed E-state index contributed by atoms with van der Waals surface area (Å²) >= 11 is 0. The first-order valence-electron chi connectivity index (χ1n) is 8.14. The maximum absolute atomic E-state index is 11.9. The van der Waals surface area contributed by atoms with Crippen molar-refractivity contribution in [1.82, 2.24) is 4.90 Å². The van der Waals surface area contributed by atoms with Crippen LogP contribution in [0.1, 0.15) is 57.2 Å². The van der Waals surface area contributed by atoms with Crippen LogP contribution in [-0.2, 0) is 11.2 Å². The number of carbonyl (C=O) groups is 1. The minimum atomic E-state index is -0.718. The van der Waals surface area contributed by atoms with Gasteiger partial charge in [-0.2, -0.15) is 0 Å². The van der Waals surface area contributed by atoms with Crippen molar-refractivity contribution in [2.45, 2.75) is 58.5 Å². The first-order valence-corrected chi connectivity index (χ1v) is 8.14. The number of carboxylic acid groups (broad SMARTS) is 1. The largest absolute Gasteiger partial charge is 0.480 e. The molecule has 0 bridgehead atoms. The highest BCUT2D eigenvalue weighted by Gasteiger charge is 2.36. The van der Waals surface area contributed by atoms with Gasteiger partial charge in [-0.05, 0) is 36.3 Å². The number of carboxylic acids is 1. The third kappa shape index (κ3) is 3.46. The monoisotopic (exact) mass is 289 g/mol. The van der Waals surface area contributed by atoms with Crippen LogP contribution in [0.2, 0.25) is 0 Å². The van der Waals surface area contributed by atoms with Gasteiger partial charge in [0, 0.05) is 12.6 Å². The molecule has 0 fully saturated rings. The summed E-state index contributed by atoms with van der Waals surface area (Å²) in [6, 6.07) is 7.88. The van der Waals surface area contributed by atoms with Gasteiger partial charge < -0.3 is 5.11 Å². The second kappa shape index (κ2) is 7.08. The van der Waals surface area contributed by atoms with Crippen LogP contribution >= 0.6 is 0 Å². The molecule has 0 spiro atoms. The fourth-order valence-electron chi connectivity index (χ4n) is 3.42. The highest BCUT2D eigenvalue weighted by atomic mass is 16.4. The molecule has 1 heterocycles. The van der Waals surface area contributed by atoms with Crippen molar-refractivity contribution < 1.29 is 9.90 Å². The molecule has 0 amide bonds. The highest BCUT2D eigenvalue weighted by Crippen LogP contribution is 2.34. The first kappa shape index (κ1) is 16.0. The molecule has 1 aromatic rings. The molecule has 0 saturated heterocycles. The van der Waals surface area contributed by atoms with Gasteiger partial charge in [-0.15, -0.1) is 0 Å². The zero-order valence-corrected chi connectivity index (χ0v) is 13.4. The number of rotatable bonds is 6. The highest BCUT2D eigenvalue weighted by molar-refractivity contribution is 5.76. The van der Waals surface area contributed by atoms with Crippen molar-refractivity contribution in [2.75, 3.05) is 6.54 Å². The molecule has 3 unspecified atom stereocenters. The van der Waals surface area contributed by atoms with Crippen LogP contribution in [0.3, 0.4) is 0 Å². The Hall–Kier alpha value is -1.35. The number of fused-ring (bicyclic) bond motifs is 1. The molecule has 0 saturated carbocycles. The summed E-state index contributed by atoms with van der Waals surface area (Å²) in [5.41, 5.74) is 2.18.